The lowest BCUT2D eigenvalue weighted by Crippen LogP contribution is -1.85. The predicted octanol–water partition coefficient (Wildman–Crippen LogP) is 2.05. The molecule has 0 atom stereocenters. The van der Waals surface area contributed by atoms with Crippen molar-refractivity contribution in [3.63, 3.8) is 0 Å². The maximum absolute atomic E-state index is 5.63. The molecule has 0 aliphatic carbocycles. The smallest absolute Gasteiger partial charge is 0.247 e. The number of benzene rings is 1. The third-order valence-corrected chi connectivity index (χ3v) is 2.43. The number of hydrogen-bond acceptors (Lipinski definition) is 5. The first kappa shape index (κ1) is 9.65. The van der Waals surface area contributed by atoms with Crippen molar-refractivity contribution in [3.05, 3.63) is 36.5 Å². The van der Waals surface area contributed by atoms with Crippen molar-refractivity contribution in [1.29, 1.82) is 0 Å². The van der Waals surface area contributed by atoms with Gasteiger partial charge in [0.2, 0.25) is 11.6 Å². The fourth-order valence-corrected chi connectivity index (χ4v) is 1.59. The molecule has 0 bridgehead atoms. The van der Waals surface area contributed by atoms with Crippen LogP contribution >= 0.6 is 0 Å². The molecule has 0 aliphatic rings. The molecule has 84 valence electrons. The Kier molecular flexibility index (Phi) is 1.98. The van der Waals surface area contributed by atoms with Gasteiger partial charge in [0.1, 0.15) is 5.52 Å². The summed E-state index contributed by atoms with van der Waals surface area (Å²) in [7, 11) is 0. The Labute approximate surface area is 97.1 Å². The van der Waals surface area contributed by atoms with Gasteiger partial charge in [-0.3, -0.25) is 0 Å². The topological polar surface area (TPSA) is 91.0 Å². The van der Waals surface area contributed by atoms with Gasteiger partial charge >= 0.3 is 0 Å². The van der Waals surface area contributed by atoms with Gasteiger partial charge in [-0.1, -0.05) is 0 Å². The van der Waals surface area contributed by atoms with Crippen LogP contribution in [-0.2, 0) is 0 Å². The highest BCUT2D eigenvalue weighted by atomic mass is 16.4. The molecule has 5 nitrogen and oxygen atoms in total. The molecule has 2 aromatic heterocycles. The van der Waals surface area contributed by atoms with Gasteiger partial charge in [-0.05, 0) is 30.3 Å². The average Bonchev–Trinajstić information content (AvgIpc) is 2.72. The van der Waals surface area contributed by atoms with Gasteiger partial charge in [0, 0.05) is 11.3 Å². The zero-order valence-corrected chi connectivity index (χ0v) is 8.92. The van der Waals surface area contributed by atoms with Crippen molar-refractivity contribution in [2.75, 3.05) is 11.5 Å². The molecule has 0 aliphatic heterocycles. The second-order valence-corrected chi connectivity index (χ2v) is 3.73. The fourth-order valence-electron chi connectivity index (χ4n) is 1.59. The van der Waals surface area contributed by atoms with E-state index in [1.165, 1.54) is 0 Å². The number of oxazole rings is 1. The van der Waals surface area contributed by atoms with Crippen LogP contribution in [0, 0.1) is 0 Å². The summed E-state index contributed by atoms with van der Waals surface area (Å²) >= 11 is 0. The summed E-state index contributed by atoms with van der Waals surface area (Å²) in [5, 5.41) is 0. The van der Waals surface area contributed by atoms with Crippen molar-refractivity contribution in [3.8, 4) is 11.5 Å². The van der Waals surface area contributed by atoms with Crippen LogP contribution in [0.25, 0.3) is 22.7 Å². The van der Waals surface area contributed by atoms with E-state index in [-0.39, 0.29) is 0 Å². The van der Waals surface area contributed by atoms with Crippen LogP contribution in [-0.4, -0.2) is 9.97 Å². The molecule has 5 heteroatoms. The first-order valence-corrected chi connectivity index (χ1v) is 5.10. The molecule has 3 rings (SSSR count). The van der Waals surface area contributed by atoms with E-state index >= 15 is 0 Å². The molecule has 0 radical (unpaired) electrons. The maximum Gasteiger partial charge on any atom is 0.247 e. The highest BCUT2D eigenvalue weighted by Gasteiger charge is 2.08. The Morgan fingerprint density at radius 1 is 1.00 bits per heavy atom. The minimum Gasteiger partial charge on any atom is -0.418 e. The first-order chi connectivity index (χ1) is 8.22. The van der Waals surface area contributed by atoms with Gasteiger partial charge in [-0.15, -0.1) is 0 Å². The predicted molar refractivity (Wildman–Crippen MR) is 66.1 cm³/mol. The molecule has 0 unspecified atom stereocenters. The number of nitrogens with two attached hydrogens (primary N) is 2. The van der Waals surface area contributed by atoms with Crippen LogP contribution in [0.1, 0.15) is 0 Å². The van der Waals surface area contributed by atoms with Crippen LogP contribution in [0.2, 0.25) is 0 Å². The molecule has 1 aromatic carbocycles. The SMILES string of the molecule is Nc1ccc(-c2nc3cc(N)cnc3o2)cc1. The lowest BCUT2D eigenvalue weighted by Gasteiger charge is -1.95. The Morgan fingerprint density at radius 3 is 2.53 bits per heavy atom. The summed E-state index contributed by atoms with van der Waals surface area (Å²) in [6, 6.07) is 9.03. The number of anilines is 2. The fraction of sp³-hybridized carbons (Fsp3) is 0. The van der Waals surface area contributed by atoms with Gasteiger partial charge < -0.3 is 15.9 Å². The Bertz CT molecular complexity index is 673. The second kappa shape index (κ2) is 3.48. The third kappa shape index (κ3) is 1.67. The van der Waals surface area contributed by atoms with E-state index in [2.05, 4.69) is 9.97 Å². The van der Waals surface area contributed by atoms with E-state index < -0.39 is 0 Å². The summed E-state index contributed by atoms with van der Waals surface area (Å²) in [4.78, 5) is 8.39. The van der Waals surface area contributed by atoms with Gasteiger partial charge in [0.25, 0.3) is 0 Å². The maximum atomic E-state index is 5.63. The summed E-state index contributed by atoms with van der Waals surface area (Å²) in [5.41, 5.74) is 14.5. The summed E-state index contributed by atoms with van der Waals surface area (Å²) in [6.07, 6.45) is 1.54. The van der Waals surface area contributed by atoms with E-state index in [0.29, 0.717) is 28.5 Å². The summed E-state index contributed by atoms with van der Waals surface area (Å²) in [6.45, 7) is 0. The van der Waals surface area contributed by atoms with Crippen molar-refractivity contribution in [2.24, 2.45) is 0 Å². The zero-order valence-electron chi connectivity index (χ0n) is 8.92. The van der Waals surface area contributed by atoms with E-state index in [0.717, 1.165) is 5.56 Å². The molecular weight excluding hydrogens is 216 g/mol. The molecule has 0 amide bonds. The molecular formula is C12H10N4O. The number of hydrogen-bond donors (Lipinski definition) is 2. The van der Waals surface area contributed by atoms with Gasteiger partial charge in [-0.25, -0.2) is 9.97 Å². The number of nitrogen functional groups attached to an aromatic ring is 2. The lowest BCUT2D eigenvalue weighted by molar-refractivity contribution is 0.608. The molecule has 2 heterocycles. The van der Waals surface area contributed by atoms with E-state index in [9.17, 15) is 0 Å². The largest absolute Gasteiger partial charge is 0.418 e. The van der Waals surface area contributed by atoms with Crippen molar-refractivity contribution in [1.82, 2.24) is 9.97 Å². The van der Waals surface area contributed by atoms with Gasteiger partial charge in [0.15, 0.2) is 0 Å². The molecule has 0 fully saturated rings. The molecule has 0 saturated heterocycles. The van der Waals surface area contributed by atoms with E-state index in [1.807, 2.05) is 12.1 Å². The molecule has 3 aromatic rings. The minimum atomic E-state index is 0.478. The Hall–Kier alpha value is -2.56. The minimum absolute atomic E-state index is 0.478. The van der Waals surface area contributed by atoms with Crippen LogP contribution in [0.4, 0.5) is 11.4 Å². The number of pyridine rings is 1. The summed E-state index contributed by atoms with van der Waals surface area (Å²) in [5.74, 6) is 0.512. The lowest BCUT2D eigenvalue weighted by atomic mass is 10.2. The number of aromatic nitrogens is 2. The normalized spacial score (nSPS) is 10.8. The highest BCUT2D eigenvalue weighted by Crippen LogP contribution is 2.24. The molecule has 17 heavy (non-hydrogen) atoms. The molecule has 0 spiro atoms. The van der Waals surface area contributed by atoms with Crippen molar-refractivity contribution < 1.29 is 4.42 Å². The quantitative estimate of drug-likeness (QED) is 0.619. The number of fused-ring (bicyclic) bond motifs is 1. The molecule has 4 N–H and O–H groups in total. The van der Waals surface area contributed by atoms with Crippen molar-refractivity contribution in [2.45, 2.75) is 0 Å². The molecule has 0 saturated carbocycles. The Balaban J connectivity index is 2.14. The van der Waals surface area contributed by atoms with Crippen LogP contribution in [0.3, 0.4) is 0 Å². The van der Waals surface area contributed by atoms with Crippen molar-refractivity contribution >= 4 is 22.6 Å². The van der Waals surface area contributed by atoms with Crippen LogP contribution in [0.5, 0.6) is 0 Å². The highest BCUT2D eigenvalue weighted by molar-refractivity contribution is 5.75. The third-order valence-electron chi connectivity index (χ3n) is 2.43. The Morgan fingerprint density at radius 2 is 1.76 bits per heavy atom. The zero-order chi connectivity index (χ0) is 11.8. The number of nitrogens with zero attached hydrogens (tertiary/aromatic N) is 2. The van der Waals surface area contributed by atoms with E-state index in [1.54, 1.807) is 24.4 Å². The van der Waals surface area contributed by atoms with E-state index in [4.69, 9.17) is 15.9 Å². The monoisotopic (exact) mass is 226 g/mol. The standard InChI is InChI=1S/C12H10N4O/c13-8-3-1-7(2-4-8)11-16-10-5-9(14)6-15-12(10)17-11/h1-6H,13-14H2. The second-order valence-electron chi connectivity index (χ2n) is 3.73. The number of rotatable bonds is 1. The summed E-state index contributed by atoms with van der Waals surface area (Å²) < 4.78 is 5.53. The van der Waals surface area contributed by atoms with Crippen LogP contribution < -0.4 is 11.5 Å². The van der Waals surface area contributed by atoms with Crippen LogP contribution in [0.15, 0.2) is 40.9 Å². The van der Waals surface area contributed by atoms with Gasteiger partial charge in [0.05, 0.1) is 11.9 Å². The average molecular weight is 226 g/mol. The van der Waals surface area contributed by atoms with Gasteiger partial charge in [-0.2, -0.15) is 0 Å². The first-order valence-electron chi connectivity index (χ1n) is 5.10.